The Bertz CT molecular complexity index is 450. The van der Waals surface area contributed by atoms with E-state index in [4.69, 9.17) is 11.6 Å². The van der Waals surface area contributed by atoms with Gasteiger partial charge in [-0.3, -0.25) is 4.79 Å². The maximum absolute atomic E-state index is 12.4. The molecule has 18 heavy (non-hydrogen) atoms. The van der Waals surface area contributed by atoms with Crippen LogP contribution in [0.3, 0.4) is 0 Å². The minimum Gasteiger partial charge on any atom is -0.338 e. The smallest absolute Gasteiger partial charge is 0.257 e. The van der Waals surface area contributed by atoms with Crippen LogP contribution in [0.2, 0.25) is 5.15 Å². The number of amides is 1. The van der Waals surface area contributed by atoms with E-state index in [2.05, 4.69) is 18.8 Å². The van der Waals surface area contributed by atoms with Crippen molar-refractivity contribution < 1.29 is 4.79 Å². The van der Waals surface area contributed by atoms with Crippen LogP contribution < -0.4 is 0 Å². The molecule has 0 N–H and O–H groups in total. The fourth-order valence-corrected chi connectivity index (χ4v) is 3.24. The van der Waals surface area contributed by atoms with Gasteiger partial charge in [-0.25, -0.2) is 4.98 Å². The third-order valence-corrected chi connectivity index (χ3v) is 4.79. The molecular weight excluding hydrogens is 268 g/mol. The van der Waals surface area contributed by atoms with E-state index >= 15 is 0 Å². The zero-order chi connectivity index (χ0) is 13.2. The van der Waals surface area contributed by atoms with Gasteiger partial charge in [-0.1, -0.05) is 25.4 Å². The summed E-state index contributed by atoms with van der Waals surface area (Å²) in [5.74, 6) is 0.961. The second-order valence-corrected chi connectivity index (χ2v) is 7.15. The van der Waals surface area contributed by atoms with Gasteiger partial charge in [-0.15, -0.1) is 0 Å². The van der Waals surface area contributed by atoms with E-state index < -0.39 is 0 Å². The van der Waals surface area contributed by atoms with Gasteiger partial charge in [0.1, 0.15) is 5.15 Å². The lowest BCUT2D eigenvalue weighted by molar-refractivity contribution is 0.0764. The van der Waals surface area contributed by atoms with E-state index in [9.17, 15) is 4.79 Å². The Morgan fingerprint density at radius 3 is 3.00 bits per heavy atom. The summed E-state index contributed by atoms with van der Waals surface area (Å²) in [6.07, 6.45) is 2.60. The monoisotopic (exact) mass is 284 g/mol. The Morgan fingerprint density at radius 2 is 2.28 bits per heavy atom. The molecule has 0 saturated carbocycles. The summed E-state index contributed by atoms with van der Waals surface area (Å²) in [5, 5.41) is 0.290. The van der Waals surface area contributed by atoms with E-state index in [-0.39, 0.29) is 10.7 Å². The maximum atomic E-state index is 12.4. The van der Waals surface area contributed by atoms with Crippen LogP contribution in [-0.2, 0) is 0 Å². The van der Waals surface area contributed by atoms with Crippen LogP contribution in [0.5, 0.6) is 0 Å². The lowest BCUT2D eigenvalue weighted by Gasteiger charge is -2.22. The van der Waals surface area contributed by atoms with Crippen LogP contribution in [0.4, 0.5) is 0 Å². The summed E-state index contributed by atoms with van der Waals surface area (Å²) in [6, 6.07) is 3.48. The molecule has 1 fully saturated rings. The number of pyridine rings is 1. The number of nitrogens with zero attached hydrogens (tertiary/aromatic N) is 2. The predicted octanol–water partition coefficient (Wildman–Crippen LogP) is 3.09. The van der Waals surface area contributed by atoms with Crippen molar-refractivity contribution in [1.82, 2.24) is 9.88 Å². The van der Waals surface area contributed by atoms with Gasteiger partial charge in [0, 0.05) is 29.8 Å². The van der Waals surface area contributed by atoms with Crippen molar-refractivity contribution in [2.24, 2.45) is 0 Å². The first-order valence-electron chi connectivity index (χ1n) is 6.03. The minimum absolute atomic E-state index is 0.00796. The van der Waals surface area contributed by atoms with E-state index in [1.54, 1.807) is 18.3 Å². The third-order valence-electron chi connectivity index (χ3n) is 3.11. The quantitative estimate of drug-likeness (QED) is 0.743. The van der Waals surface area contributed by atoms with Crippen LogP contribution in [0.25, 0.3) is 0 Å². The number of hydrogen-bond acceptors (Lipinski definition) is 3. The molecule has 0 aliphatic carbocycles. The number of hydrogen-bond donors (Lipinski definition) is 0. The van der Waals surface area contributed by atoms with Crippen molar-refractivity contribution in [2.75, 3.05) is 18.8 Å². The van der Waals surface area contributed by atoms with Crippen molar-refractivity contribution >= 4 is 29.3 Å². The number of halogens is 1. The maximum Gasteiger partial charge on any atom is 0.257 e. The summed E-state index contributed by atoms with van der Waals surface area (Å²) in [6.45, 7) is 6.01. The number of rotatable bonds is 1. The van der Waals surface area contributed by atoms with Gasteiger partial charge >= 0.3 is 0 Å². The van der Waals surface area contributed by atoms with Crippen molar-refractivity contribution in [3.63, 3.8) is 0 Å². The van der Waals surface area contributed by atoms with Gasteiger partial charge in [-0.2, -0.15) is 11.8 Å². The van der Waals surface area contributed by atoms with Crippen molar-refractivity contribution in [3.05, 3.63) is 29.0 Å². The molecule has 0 atom stereocenters. The average molecular weight is 285 g/mol. The second-order valence-electron chi connectivity index (χ2n) is 4.99. The summed E-state index contributed by atoms with van der Waals surface area (Å²) in [7, 11) is 0. The predicted molar refractivity (Wildman–Crippen MR) is 76.3 cm³/mol. The van der Waals surface area contributed by atoms with Crippen LogP contribution in [0.1, 0.15) is 30.6 Å². The van der Waals surface area contributed by atoms with Crippen molar-refractivity contribution in [3.8, 4) is 0 Å². The molecule has 1 aliphatic heterocycles. The fraction of sp³-hybridized carbons (Fsp3) is 0.538. The standard InChI is InChI=1S/C13H17ClN2OS/c1-13(2)5-7-16(8-9-18-13)12(17)10-4-3-6-15-11(10)14/h3-4,6H,5,7-9H2,1-2H3. The lowest BCUT2D eigenvalue weighted by Crippen LogP contribution is -2.33. The summed E-state index contributed by atoms with van der Waals surface area (Å²) in [5.41, 5.74) is 0.504. The molecular formula is C13H17ClN2OS. The summed E-state index contributed by atoms with van der Waals surface area (Å²) >= 11 is 7.89. The third kappa shape index (κ3) is 3.18. The Balaban J connectivity index is 2.13. The van der Waals surface area contributed by atoms with Gasteiger partial charge < -0.3 is 4.90 Å². The molecule has 2 heterocycles. The SMILES string of the molecule is CC1(C)CCN(C(=O)c2cccnc2Cl)CCS1. The molecule has 1 amide bonds. The Morgan fingerprint density at radius 1 is 1.50 bits per heavy atom. The minimum atomic E-state index is -0.00796. The van der Waals surface area contributed by atoms with E-state index in [1.807, 2.05) is 16.7 Å². The number of carbonyl (C=O) groups excluding carboxylic acids is 1. The average Bonchev–Trinajstić information content (AvgIpc) is 2.50. The highest BCUT2D eigenvalue weighted by molar-refractivity contribution is 8.00. The van der Waals surface area contributed by atoms with Crippen LogP contribution in [0.15, 0.2) is 18.3 Å². The molecule has 1 saturated heterocycles. The van der Waals surface area contributed by atoms with Crippen molar-refractivity contribution in [2.45, 2.75) is 25.0 Å². The lowest BCUT2D eigenvalue weighted by atomic mass is 10.1. The van der Waals surface area contributed by atoms with E-state index in [1.165, 1.54) is 0 Å². The second kappa shape index (κ2) is 5.49. The molecule has 0 bridgehead atoms. The molecule has 5 heteroatoms. The van der Waals surface area contributed by atoms with Crippen LogP contribution >= 0.6 is 23.4 Å². The Labute approximate surface area is 117 Å². The van der Waals surface area contributed by atoms with Crippen LogP contribution in [-0.4, -0.2) is 39.4 Å². The number of thioether (sulfide) groups is 1. The number of carbonyl (C=O) groups is 1. The first-order valence-corrected chi connectivity index (χ1v) is 7.40. The first kappa shape index (κ1) is 13.7. The first-order chi connectivity index (χ1) is 8.49. The molecule has 0 radical (unpaired) electrons. The molecule has 1 aromatic heterocycles. The normalized spacial score (nSPS) is 19.4. The van der Waals surface area contributed by atoms with Gasteiger partial charge in [0.15, 0.2) is 0 Å². The molecule has 2 rings (SSSR count). The summed E-state index contributed by atoms with van der Waals surface area (Å²) in [4.78, 5) is 18.2. The summed E-state index contributed by atoms with van der Waals surface area (Å²) < 4.78 is 0.244. The van der Waals surface area contributed by atoms with E-state index in [0.29, 0.717) is 10.7 Å². The van der Waals surface area contributed by atoms with Gasteiger partial charge in [0.05, 0.1) is 5.56 Å². The van der Waals surface area contributed by atoms with Crippen molar-refractivity contribution in [1.29, 1.82) is 0 Å². The fourth-order valence-electron chi connectivity index (χ4n) is 1.94. The zero-order valence-corrected chi connectivity index (χ0v) is 12.2. The van der Waals surface area contributed by atoms with E-state index in [0.717, 1.165) is 25.3 Å². The largest absolute Gasteiger partial charge is 0.338 e. The van der Waals surface area contributed by atoms with Crippen LogP contribution in [0, 0.1) is 0 Å². The highest BCUT2D eigenvalue weighted by Gasteiger charge is 2.27. The Kier molecular flexibility index (Phi) is 4.17. The van der Waals surface area contributed by atoms with Gasteiger partial charge in [-0.05, 0) is 18.6 Å². The van der Waals surface area contributed by atoms with Gasteiger partial charge in [0.25, 0.3) is 5.91 Å². The Hall–Kier alpha value is -0.740. The molecule has 1 aromatic rings. The molecule has 0 aromatic carbocycles. The zero-order valence-electron chi connectivity index (χ0n) is 10.6. The highest BCUT2D eigenvalue weighted by atomic mass is 35.5. The molecule has 1 aliphatic rings. The molecule has 0 spiro atoms. The number of aromatic nitrogens is 1. The highest BCUT2D eigenvalue weighted by Crippen LogP contribution is 2.31. The topological polar surface area (TPSA) is 33.2 Å². The molecule has 98 valence electrons. The molecule has 3 nitrogen and oxygen atoms in total. The van der Waals surface area contributed by atoms with Gasteiger partial charge in [0.2, 0.25) is 0 Å². The molecule has 0 unspecified atom stereocenters.